The Kier molecular flexibility index (Phi) is 3.09. The van der Waals surface area contributed by atoms with Gasteiger partial charge in [-0.25, -0.2) is 0 Å². The van der Waals surface area contributed by atoms with Gasteiger partial charge in [0.05, 0.1) is 6.54 Å². The summed E-state index contributed by atoms with van der Waals surface area (Å²) in [5, 5.41) is 3.38. The van der Waals surface area contributed by atoms with Crippen LogP contribution in [-0.2, 0) is 4.79 Å². The van der Waals surface area contributed by atoms with E-state index in [1.54, 1.807) is 0 Å². The minimum Gasteiger partial charge on any atom is -0.319 e. The highest BCUT2D eigenvalue weighted by molar-refractivity contribution is 5.81. The van der Waals surface area contributed by atoms with E-state index in [0.717, 1.165) is 0 Å². The first-order valence-corrected chi connectivity index (χ1v) is 7.19. The van der Waals surface area contributed by atoms with Gasteiger partial charge in [0.2, 0.25) is 5.91 Å². The van der Waals surface area contributed by atoms with Crippen LogP contribution in [0.25, 0.3) is 0 Å². The van der Waals surface area contributed by atoms with E-state index in [4.69, 9.17) is 0 Å². The van der Waals surface area contributed by atoms with E-state index in [2.05, 4.69) is 49.2 Å². The summed E-state index contributed by atoms with van der Waals surface area (Å²) in [6.07, 6.45) is 2.59. The molecule has 19 heavy (non-hydrogen) atoms. The quantitative estimate of drug-likeness (QED) is 0.903. The van der Waals surface area contributed by atoms with Gasteiger partial charge >= 0.3 is 0 Å². The van der Waals surface area contributed by atoms with Crippen molar-refractivity contribution in [2.75, 3.05) is 6.54 Å². The summed E-state index contributed by atoms with van der Waals surface area (Å²) in [6, 6.07) is 6.84. The molecule has 0 spiro atoms. The standard InChI is InChI=1S/C16H22N2O/c1-10-4-5-11(2)14(8-10)16-17-9-15(19)18(16)12(3)13-6-7-13/h4-5,8,12-13,16-17H,6-7,9H2,1-3H3. The Morgan fingerprint density at radius 2 is 2.05 bits per heavy atom. The summed E-state index contributed by atoms with van der Waals surface area (Å²) in [5.74, 6) is 0.946. The van der Waals surface area contributed by atoms with Crippen LogP contribution in [0, 0.1) is 19.8 Å². The molecule has 1 aliphatic carbocycles. The number of hydrogen-bond donors (Lipinski definition) is 1. The molecule has 2 fully saturated rings. The van der Waals surface area contributed by atoms with Crippen LogP contribution < -0.4 is 5.32 Å². The normalized spacial score (nSPS) is 24.9. The average molecular weight is 258 g/mol. The highest BCUT2D eigenvalue weighted by Crippen LogP contribution is 2.39. The number of carbonyl (C=O) groups is 1. The van der Waals surface area contributed by atoms with Gasteiger partial charge in [0.25, 0.3) is 0 Å². The first-order chi connectivity index (χ1) is 9.08. The van der Waals surface area contributed by atoms with Crippen LogP contribution in [0.15, 0.2) is 18.2 Å². The molecule has 2 unspecified atom stereocenters. The van der Waals surface area contributed by atoms with Crippen molar-refractivity contribution in [2.45, 2.75) is 45.8 Å². The Bertz CT molecular complexity index is 507. The molecule has 3 rings (SSSR count). The number of amides is 1. The van der Waals surface area contributed by atoms with Crippen LogP contribution in [0.1, 0.15) is 42.6 Å². The fourth-order valence-corrected chi connectivity index (χ4v) is 3.10. The van der Waals surface area contributed by atoms with Crippen molar-refractivity contribution < 1.29 is 4.79 Å². The molecular formula is C16H22N2O. The second-order valence-electron chi connectivity index (χ2n) is 6.02. The number of aryl methyl sites for hydroxylation is 2. The third-order valence-electron chi connectivity index (χ3n) is 4.49. The summed E-state index contributed by atoms with van der Waals surface area (Å²) in [5.41, 5.74) is 3.75. The minimum atomic E-state index is 0.0583. The predicted octanol–water partition coefficient (Wildman–Crippen LogP) is 2.53. The van der Waals surface area contributed by atoms with Gasteiger partial charge in [-0.1, -0.05) is 23.8 Å². The fourth-order valence-electron chi connectivity index (χ4n) is 3.10. The number of nitrogens with zero attached hydrogens (tertiary/aromatic N) is 1. The SMILES string of the molecule is Cc1ccc(C)c(C2NCC(=O)N2C(C)C2CC2)c1. The molecule has 102 valence electrons. The molecule has 1 N–H and O–H groups in total. The number of hydrogen-bond acceptors (Lipinski definition) is 2. The second kappa shape index (κ2) is 4.64. The number of nitrogens with one attached hydrogen (secondary N) is 1. The number of benzene rings is 1. The predicted molar refractivity (Wildman–Crippen MR) is 75.7 cm³/mol. The molecule has 1 heterocycles. The smallest absolute Gasteiger partial charge is 0.238 e. The van der Waals surface area contributed by atoms with Gasteiger partial charge in [-0.05, 0) is 50.7 Å². The molecule has 0 radical (unpaired) electrons. The largest absolute Gasteiger partial charge is 0.319 e. The molecule has 1 aromatic carbocycles. The number of carbonyl (C=O) groups excluding carboxylic acids is 1. The van der Waals surface area contributed by atoms with Gasteiger partial charge < -0.3 is 4.90 Å². The molecule has 2 atom stereocenters. The highest BCUT2D eigenvalue weighted by Gasteiger charge is 2.41. The summed E-state index contributed by atoms with van der Waals surface area (Å²) in [7, 11) is 0. The van der Waals surface area contributed by atoms with Crippen molar-refractivity contribution in [3.05, 3.63) is 34.9 Å². The average Bonchev–Trinajstić information content (AvgIpc) is 3.15. The van der Waals surface area contributed by atoms with Crippen molar-refractivity contribution in [3.63, 3.8) is 0 Å². The minimum absolute atomic E-state index is 0.0583. The van der Waals surface area contributed by atoms with Gasteiger partial charge in [0.1, 0.15) is 6.17 Å². The topological polar surface area (TPSA) is 32.3 Å². The van der Waals surface area contributed by atoms with Crippen LogP contribution in [0.2, 0.25) is 0 Å². The van der Waals surface area contributed by atoms with Crippen molar-refractivity contribution in [1.29, 1.82) is 0 Å². The summed E-state index contributed by atoms with van der Waals surface area (Å²) in [6.45, 7) is 6.89. The zero-order valence-corrected chi connectivity index (χ0v) is 11.9. The summed E-state index contributed by atoms with van der Waals surface area (Å²) >= 11 is 0. The highest BCUT2D eigenvalue weighted by atomic mass is 16.2. The van der Waals surface area contributed by atoms with Gasteiger partial charge in [0, 0.05) is 6.04 Å². The number of rotatable bonds is 3. The van der Waals surface area contributed by atoms with Crippen LogP contribution in [0.3, 0.4) is 0 Å². The maximum absolute atomic E-state index is 12.2. The molecular weight excluding hydrogens is 236 g/mol. The molecule has 0 bridgehead atoms. The van der Waals surface area contributed by atoms with E-state index >= 15 is 0 Å². The lowest BCUT2D eigenvalue weighted by Gasteiger charge is -2.31. The van der Waals surface area contributed by atoms with E-state index in [9.17, 15) is 4.79 Å². The van der Waals surface area contributed by atoms with Crippen molar-refractivity contribution in [2.24, 2.45) is 5.92 Å². The molecule has 1 amide bonds. The molecule has 0 aromatic heterocycles. The summed E-state index contributed by atoms with van der Waals surface area (Å²) < 4.78 is 0. The van der Waals surface area contributed by atoms with E-state index in [1.807, 2.05) is 0 Å². The van der Waals surface area contributed by atoms with Gasteiger partial charge in [-0.2, -0.15) is 0 Å². The molecule has 3 heteroatoms. The van der Waals surface area contributed by atoms with Crippen LogP contribution in [0.5, 0.6) is 0 Å². The fraction of sp³-hybridized carbons (Fsp3) is 0.562. The summed E-state index contributed by atoms with van der Waals surface area (Å²) in [4.78, 5) is 14.3. The molecule has 1 aromatic rings. The van der Waals surface area contributed by atoms with Gasteiger partial charge in [-0.15, -0.1) is 0 Å². The lowest BCUT2D eigenvalue weighted by molar-refractivity contribution is -0.130. The second-order valence-corrected chi connectivity index (χ2v) is 6.02. The van der Waals surface area contributed by atoms with Crippen molar-refractivity contribution in [1.82, 2.24) is 10.2 Å². The molecule has 1 aliphatic heterocycles. The third-order valence-corrected chi connectivity index (χ3v) is 4.49. The first kappa shape index (κ1) is 12.7. The molecule has 2 aliphatic rings. The van der Waals surface area contributed by atoms with E-state index in [0.29, 0.717) is 18.5 Å². The zero-order valence-electron chi connectivity index (χ0n) is 11.9. The van der Waals surface area contributed by atoms with Crippen LogP contribution >= 0.6 is 0 Å². The first-order valence-electron chi connectivity index (χ1n) is 7.19. The maximum Gasteiger partial charge on any atom is 0.238 e. The molecule has 1 saturated carbocycles. The van der Waals surface area contributed by atoms with Crippen molar-refractivity contribution >= 4 is 5.91 Å². The molecule has 1 saturated heterocycles. The monoisotopic (exact) mass is 258 g/mol. The Morgan fingerprint density at radius 3 is 2.74 bits per heavy atom. The van der Waals surface area contributed by atoms with E-state index < -0.39 is 0 Å². The zero-order chi connectivity index (χ0) is 13.6. The van der Waals surface area contributed by atoms with E-state index in [1.165, 1.54) is 29.5 Å². The lowest BCUT2D eigenvalue weighted by Crippen LogP contribution is -2.39. The Hall–Kier alpha value is -1.35. The maximum atomic E-state index is 12.2. The van der Waals surface area contributed by atoms with Crippen LogP contribution in [-0.4, -0.2) is 23.4 Å². The van der Waals surface area contributed by atoms with Gasteiger partial charge in [0.15, 0.2) is 0 Å². The van der Waals surface area contributed by atoms with Crippen LogP contribution in [0.4, 0.5) is 0 Å². The lowest BCUT2D eigenvalue weighted by atomic mass is 10.0. The Balaban J connectivity index is 1.93. The molecule has 3 nitrogen and oxygen atoms in total. The third kappa shape index (κ3) is 2.27. The van der Waals surface area contributed by atoms with Gasteiger partial charge in [-0.3, -0.25) is 10.1 Å². The Morgan fingerprint density at radius 1 is 1.32 bits per heavy atom. The van der Waals surface area contributed by atoms with E-state index in [-0.39, 0.29) is 12.1 Å². The Labute approximate surface area is 115 Å². The van der Waals surface area contributed by atoms with Crippen molar-refractivity contribution in [3.8, 4) is 0 Å².